The number of piperidine rings is 1. The minimum Gasteiger partial charge on any atom is -0.494 e. The molecule has 1 amide bonds. The van der Waals surface area contributed by atoms with E-state index in [1.54, 1.807) is 26.8 Å². The van der Waals surface area contributed by atoms with E-state index < -0.39 is 17.8 Å². The van der Waals surface area contributed by atoms with Crippen LogP contribution in [0.4, 0.5) is 9.18 Å². The number of rotatable bonds is 3. The topological polar surface area (TPSA) is 59.0 Å². The molecule has 1 aromatic rings. The molecule has 24 heavy (non-hydrogen) atoms. The highest BCUT2D eigenvalue weighted by Gasteiger charge is 2.34. The molecular formula is C18H26FNO4. The number of likely N-dealkylation sites (tertiary alicyclic amines) is 1. The number of β-amino-alcohol motifs (C(OH)–C–C–N with tert-alkyl or cyclic N) is 1. The molecule has 0 aliphatic carbocycles. The quantitative estimate of drug-likeness (QED) is 0.918. The van der Waals surface area contributed by atoms with E-state index in [0.717, 1.165) is 0 Å². The zero-order valence-corrected chi connectivity index (χ0v) is 14.7. The van der Waals surface area contributed by atoms with Gasteiger partial charge in [0.05, 0.1) is 19.3 Å². The van der Waals surface area contributed by atoms with Gasteiger partial charge in [-0.1, -0.05) is 0 Å². The maximum absolute atomic E-state index is 13.6. The average molecular weight is 339 g/mol. The summed E-state index contributed by atoms with van der Waals surface area (Å²) in [5.74, 6) is -0.0650. The van der Waals surface area contributed by atoms with Gasteiger partial charge in [0.15, 0.2) is 0 Å². The molecule has 2 unspecified atom stereocenters. The Morgan fingerprint density at radius 2 is 2.12 bits per heavy atom. The summed E-state index contributed by atoms with van der Waals surface area (Å²) in [4.78, 5) is 13.6. The molecule has 1 N–H and O–H groups in total. The Hall–Kier alpha value is -1.82. The zero-order chi connectivity index (χ0) is 17.9. The highest BCUT2D eigenvalue weighted by atomic mass is 19.1. The molecule has 6 heteroatoms. The van der Waals surface area contributed by atoms with Gasteiger partial charge in [-0.3, -0.25) is 0 Å². The largest absolute Gasteiger partial charge is 0.494 e. The zero-order valence-electron chi connectivity index (χ0n) is 14.7. The molecule has 1 aliphatic heterocycles. The van der Waals surface area contributed by atoms with Gasteiger partial charge in [-0.15, -0.1) is 0 Å². The lowest BCUT2D eigenvalue weighted by Crippen LogP contribution is -2.47. The van der Waals surface area contributed by atoms with Gasteiger partial charge >= 0.3 is 6.09 Å². The second kappa shape index (κ2) is 7.38. The number of halogens is 1. The van der Waals surface area contributed by atoms with Gasteiger partial charge in [-0.2, -0.15) is 0 Å². The first kappa shape index (κ1) is 18.5. The van der Waals surface area contributed by atoms with Crippen molar-refractivity contribution in [2.45, 2.75) is 51.7 Å². The number of ether oxygens (including phenoxy) is 2. The van der Waals surface area contributed by atoms with Crippen LogP contribution in [-0.2, 0) is 4.74 Å². The third-order valence-corrected chi connectivity index (χ3v) is 3.90. The molecule has 5 nitrogen and oxygen atoms in total. The third-order valence-electron chi connectivity index (χ3n) is 3.90. The molecule has 0 saturated carbocycles. The lowest BCUT2D eigenvalue weighted by molar-refractivity contribution is -0.00175. The maximum Gasteiger partial charge on any atom is 0.410 e. The van der Waals surface area contributed by atoms with Gasteiger partial charge in [-0.05, 0) is 52.3 Å². The van der Waals surface area contributed by atoms with Crippen LogP contribution in [0.15, 0.2) is 18.2 Å². The lowest BCUT2D eigenvalue weighted by atomic mass is 9.86. The second-order valence-electron chi connectivity index (χ2n) is 7.00. The van der Waals surface area contributed by atoms with Crippen molar-refractivity contribution in [3.63, 3.8) is 0 Å². The number of nitrogens with zero attached hydrogens (tertiary/aromatic N) is 1. The molecule has 1 saturated heterocycles. The van der Waals surface area contributed by atoms with Crippen molar-refractivity contribution in [3.05, 3.63) is 29.6 Å². The molecule has 2 rings (SSSR count). The molecule has 2 atom stereocenters. The highest BCUT2D eigenvalue weighted by Crippen LogP contribution is 2.35. The number of hydrogen-bond donors (Lipinski definition) is 1. The predicted octanol–water partition coefficient (Wildman–Crippen LogP) is 3.31. The van der Waals surface area contributed by atoms with Crippen LogP contribution < -0.4 is 4.74 Å². The van der Waals surface area contributed by atoms with Crippen LogP contribution in [0, 0.1) is 5.82 Å². The standard InChI is InChI=1S/C18H26FNO4/c1-5-23-16-7-6-12(19)10-14(16)13-8-9-20(11-15(13)21)17(22)24-18(2,3)4/h6-7,10,13,15,21H,5,8-9,11H2,1-4H3. The monoisotopic (exact) mass is 339 g/mol. The smallest absolute Gasteiger partial charge is 0.410 e. The molecule has 1 aliphatic rings. The van der Waals surface area contributed by atoms with E-state index in [-0.39, 0.29) is 18.3 Å². The van der Waals surface area contributed by atoms with E-state index >= 15 is 0 Å². The van der Waals surface area contributed by atoms with E-state index in [4.69, 9.17) is 9.47 Å². The first-order valence-electron chi connectivity index (χ1n) is 8.29. The van der Waals surface area contributed by atoms with E-state index in [2.05, 4.69) is 0 Å². The number of carbonyl (C=O) groups excluding carboxylic acids is 1. The van der Waals surface area contributed by atoms with Crippen molar-refractivity contribution in [2.24, 2.45) is 0 Å². The minimum absolute atomic E-state index is 0.154. The van der Waals surface area contributed by atoms with Crippen LogP contribution in [0.5, 0.6) is 5.75 Å². The van der Waals surface area contributed by atoms with Crippen LogP contribution in [0.1, 0.15) is 45.6 Å². The number of hydrogen-bond acceptors (Lipinski definition) is 4. The number of amides is 1. The predicted molar refractivity (Wildman–Crippen MR) is 88.7 cm³/mol. The minimum atomic E-state index is -0.799. The fourth-order valence-corrected chi connectivity index (χ4v) is 2.88. The molecule has 0 aromatic heterocycles. The van der Waals surface area contributed by atoms with Gasteiger partial charge in [0.1, 0.15) is 17.2 Å². The molecule has 0 radical (unpaired) electrons. The van der Waals surface area contributed by atoms with E-state index in [1.165, 1.54) is 17.0 Å². The average Bonchev–Trinajstić information content (AvgIpc) is 2.47. The summed E-state index contributed by atoms with van der Waals surface area (Å²) in [5, 5.41) is 10.5. The van der Waals surface area contributed by atoms with Crippen LogP contribution in [-0.4, -0.2) is 47.5 Å². The highest BCUT2D eigenvalue weighted by molar-refractivity contribution is 5.68. The number of aliphatic hydroxyl groups is 1. The first-order chi connectivity index (χ1) is 11.2. The van der Waals surface area contributed by atoms with Crippen LogP contribution >= 0.6 is 0 Å². The lowest BCUT2D eigenvalue weighted by Gasteiger charge is -2.37. The Morgan fingerprint density at radius 3 is 2.71 bits per heavy atom. The van der Waals surface area contributed by atoms with Gasteiger partial charge in [-0.25, -0.2) is 9.18 Å². The molecular weight excluding hydrogens is 313 g/mol. The van der Waals surface area contributed by atoms with Crippen molar-refractivity contribution >= 4 is 6.09 Å². The summed E-state index contributed by atoms with van der Waals surface area (Å²) in [6, 6.07) is 4.33. The summed E-state index contributed by atoms with van der Waals surface area (Å²) in [5.41, 5.74) is 0.0667. The van der Waals surface area contributed by atoms with Gasteiger partial charge < -0.3 is 19.5 Å². The SMILES string of the molecule is CCOc1ccc(F)cc1C1CCN(C(=O)OC(C)(C)C)CC1O. The van der Waals surface area contributed by atoms with Gasteiger partial charge in [0, 0.05) is 18.0 Å². The first-order valence-corrected chi connectivity index (χ1v) is 8.29. The number of carbonyl (C=O) groups is 1. The Balaban J connectivity index is 2.11. The Kier molecular flexibility index (Phi) is 5.70. The Bertz CT molecular complexity index is 585. The molecule has 1 fully saturated rings. The van der Waals surface area contributed by atoms with E-state index in [1.807, 2.05) is 6.92 Å². The van der Waals surface area contributed by atoms with E-state index in [9.17, 15) is 14.3 Å². The maximum atomic E-state index is 13.6. The van der Waals surface area contributed by atoms with Crippen molar-refractivity contribution in [3.8, 4) is 5.75 Å². The Labute approximate surface area is 142 Å². The van der Waals surface area contributed by atoms with Crippen molar-refractivity contribution in [1.82, 2.24) is 4.90 Å². The van der Waals surface area contributed by atoms with Crippen molar-refractivity contribution in [1.29, 1.82) is 0 Å². The van der Waals surface area contributed by atoms with Crippen LogP contribution in [0.3, 0.4) is 0 Å². The summed E-state index contributed by atoms with van der Waals surface area (Å²) < 4.78 is 24.5. The fraction of sp³-hybridized carbons (Fsp3) is 0.611. The summed E-state index contributed by atoms with van der Waals surface area (Å²) >= 11 is 0. The molecule has 134 valence electrons. The van der Waals surface area contributed by atoms with E-state index in [0.29, 0.717) is 30.9 Å². The van der Waals surface area contributed by atoms with Crippen molar-refractivity contribution in [2.75, 3.05) is 19.7 Å². The summed E-state index contributed by atoms with van der Waals surface area (Å²) in [6.07, 6.45) is -0.722. The summed E-state index contributed by atoms with van der Waals surface area (Å²) in [6.45, 7) is 8.32. The normalized spacial score (nSPS) is 21.5. The molecule has 0 bridgehead atoms. The Morgan fingerprint density at radius 1 is 1.42 bits per heavy atom. The van der Waals surface area contributed by atoms with Gasteiger partial charge in [0.2, 0.25) is 0 Å². The number of aliphatic hydroxyl groups excluding tert-OH is 1. The van der Waals surface area contributed by atoms with Crippen molar-refractivity contribution < 1.29 is 23.8 Å². The number of benzene rings is 1. The van der Waals surface area contributed by atoms with Gasteiger partial charge in [0.25, 0.3) is 0 Å². The second-order valence-corrected chi connectivity index (χ2v) is 7.00. The third kappa shape index (κ3) is 4.60. The summed E-state index contributed by atoms with van der Waals surface area (Å²) in [7, 11) is 0. The molecule has 0 spiro atoms. The molecule has 1 aromatic carbocycles. The fourth-order valence-electron chi connectivity index (χ4n) is 2.88. The molecule has 1 heterocycles. The van der Waals surface area contributed by atoms with Crippen LogP contribution in [0.25, 0.3) is 0 Å². The van der Waals surface area contributed by atoms with Crippen LogP contribution in [0.2, 0.25) is 0 Å².